The van der Waals surface area contributed by atoms with Gasteiger partial charge in [-0.2, -0.15) is 0 Å². The molecule has 2 rings (SSSR count). The molecule has 0 radical (unpaired) electrons. The summed E-state index contributed by atoms with van der Waals surface area (Å²) in [6.07, 6.45) is 2.46. The monoisotopic (exact) mass is 263 g/mol. The normalized spacial score (nSPS) is 24.4. The molecule has 1 aliphatic rings. The SMILES string of the molecule is CC1CC(NCc2ccc(/C(N)=N/O)cc2)CCO1. The summed E-state index contributed by atoms with van der Waals surface area (Å²) >= 11 is 0. The van der Waals surface area contributed by atoms with Crippen LogP contribution in [0.5, 0.6) is 0 Å². The van der Waals surface area contributed by atoms with Crippen LogP contribution in [0.1, 0.15) is 30.9 Å². The lowest BCUT2D eigenvalue weighted by atomic mass is 10.0. The quantitative estimate of drug-likeness (QED) is 0.332. The van der Waals surface area contributed by atoms with E-state index in [1.807, 2.05) is 24.3 Å². The summed E-state index contributed by atoms with van der Waals surface area (Å²) in [4.78, 5) is 0. The van der Waals surface area contributed by atoms with Gasteiger partial charge in [0.05, 0.1) is 6.10 Å². The van der Waals surface area contributed by atoms with Gasteiger partial charge in [-0.15, -0.1) is 0 Å². The predicted molar refractivity (Wildman–Crippen MR) is 74.2 cm³/mol. The number of rotatable bonds is 4. The highest BCUT2D eigenvalue weighted by atomic mass is 16.5. The van der Waals surface area contributed by atoms with Crippen LogP contribution in [0.2, 0.25) is 0 Å². The molecule has 0 amide bonds. The largest absolute Gasteiger partial charge is 0.409 e. The Morgan fingerprint density at radius 1 is 1.47 bits per heavy atom. The van der Waals surface area contributed by atoms with E-state index in [1.54, 1.807) is 0 Å². The molecule has 0 bridgehead atoms. The van der Waals surface area contributed by atoms with Crippen molar-refractivity contribution < 1.29 is 9.94 Å². The third kappa shape index (κ3) is 3.94. The summed E-state index contributed by atoms with van der Waals surface area (Å²) in [6.45, 7) is 3.77. The molecular formula is C14H21N3O2. The molecule has 2 unspecified atom stereocenters. The Labute approximate surface area is 113 Å². The van der Waals surface area contributed by atoms with Gasteiger partial charge in [0.25, 0.3) is 0 Å². The maximum atomic E-state index is 8.59. The molecular weight excluding hydrogens is 242 g/mol. The maximum absolute atomic E-state index is 8.59. The zero-order valence-electron chi connectivity index (χ0n) is 11.2. The Bertz CT molecular complexity index is 431. The zero-order chi connectivity index (χ0) is 13.7. The summed E-state index contributed by atoms with van der Waals surface area (Å²) in [5.74, 6) is 0.137. The number of ether oxygens (including phenoxy) is 1. The van der Waals surface area contributed by atoms with Gasteiger partial charge in [0.2, 0.25) is 0 Å². The second-order valence-electron chi connectivity index (χ2n) is 4.97. The van der Waals surface area contributed by atoms with Gasteiger partial charge in [-0.25, -0.2) is 0 Å². The molecule has 1 heterocycles. The lowest BCUT2D eigenvalue weighted by molar-refractivity contribution is 0.0130. The summed E-state index contributed by atoms with van der Waals surface area (Å²) < 4.78 is 5.52. The molecule has 1 fully saturated rings. The molecule has 0 saturated carbocycles. The number of nitrogens with two attached hydrogens (primary N) is 1. The van der Waals surface area contributed by atoms with Crippen molar-refractivity contribution in [2.45, 2.75) is 38.5 Å². The van der Waals surface area contributed by atoms with Crippen molar-refractivity contribution >= 4 is 5.84 Å². The molecule has 0 aromatic heterocycles. The first kappa shape index (κ1) is 13.8. The Kier molecular flexibility index (Phi) is 4.76. The molecule has 104 valence electrons. The first-order valence-electron chi connectivity index (χ1n) is 6.61. The highest BCUT2D eigenvalue weighted by Crippen LogP contribution is 2.14. The zero-order valence-corrected chi connectivity index (χ0v) is 11.2. The summed E-state index contributed by atoms with van der Waals surface area (Å²) in [5.41, 5.74) is 7.44. The number of hydrogen-bond acceptors (Lipinski definition) is 4. The van der Waals surface area contributed by atoms with Crippen molar-refractivity contribution in [3.8, 4) is 0 Å². The van der Waals surface area contributed by atoms with E-state index in [-0.39, 0.29) is 5.84 Å². The van der Waals surface area contributed by atoms with Crippen molar-refractivity contribution in [1.82, 2.24) is 5.32 Å². The summed E-state index contributed by atoms with van der Waals surface area (Å²) in [6, 6.07) is 8.22. The van der Waals surface area contributed by atoms with Crippen molar-refractivity contribution in [2.24, 2.45) is 10.9 Å². The summed E-state index contributed by atoms with van der Waals surface area (Å²) in [7, 11) is 0. The van der Waals surface area contributed by atoms with Crippen LogP contribution >= 0.6 is 0 Å². The van der Waals surface area contributed by atoms with E-state index >= 15 is 0 Å². The van der Waals surface area contributed by atoms with E-state index in [0.717, 1.165) is 31.6 Å². The Morgan fingerprint density at radius 3 is 2.84 bits per heavy atom. The number of nitrogens with one attached hydrogen (secondary N) is 1. The molecule has 1 aromatic rings. The lowest BCUT2D eigenvalue weighted by Crippen LogP contribution is -2.37. The molecule has 1 saturated heterocycles. The fraction of sp³-hybridized carbons (Fsp3) is 0.500. The van der Waals surface area contributed by atoms with E-state index < -0.39 is 0 Å². The fourth-order valence-electron chi connectivity index (χ4n) is 2.30. The van der Waals surface area contributed by atoms with E-state index in [2.05, 4.69) is 17.4 Å². The van der Waals surface area contributed by atoms with Crippen LogP contribution in [-0.2, 0) is 11.3 Å². The first-order valence-corrected chi connectivity index (χ1v) is 6.61. The Balaban J connectivity index is 1.86. The van der Waals surface area contributed by atoms with Crippen molar-refractivity contribution in [3.05, 3.63) is 35.4 Å². The molecule has 0 spiro atoms. The molecule has 5 heteroatoms. The Morgan fingerprint density at radius 2 is 2.21 bits per heavy atom. The van der Waals surface area contributed by atoms with Crippen LogP contribution in [0.4, 0.5) is 0 Å². The smallest absolute Gasteiger partial charge is 0.170 e. The summed E-state index contributed by atoms with van der Waals surface area (Å²) in [5, 5.41) is 15.1. The number of amidine groups is 1. The van der Waals surface area contributed by atoms with Crippen LogP contribution in [0.25, 0.3) is 0 Å². The minimum Gasteiger partial charge on any atom is -0.409 e. The van der Waals surface area contributed by atoms with Gasteiger partial charge in [-0.3, -0.25) is 0 Å². The van der Waals surface area contributed by atoms with Gasteiger partial charge < -0.3 is 21.0 Å². The van der Waals surface area contributed by atoms with Crippen LogP contribution in [0.15, 0.2) is 29.4 Å². The minimum absolute atomic E-state index is 0.137. The predicted octanol–water partition coefficient (Wildman–Crippen LogP) is 1.44. The third-order valence-electron chi connectivity index (χ3n) is 3.44. The van der Waals surface area contributed by atoms with Crippen molar-refractivity contribution in [2.75, 3.05) is 6.61 Å². The van der Waals surface area contributed by atoms with E-state index in [0.29, 0.717) is 12.1 Å². The highest BCUT2D eigenvalue weighted by Gasteiger charge is 2.18. The lowest BCUT2D eigenvalue weighted by Gasteiger charge is -2.28. The van der Waals surface area contributed by atoms with Crippen molar-refractivity contribution in [3.63, 3.8) is 0 Å². The standard InChI is InChI=1S/C14H21N3O2/c1-10-8-13(6-7-19-10)16-9-11-2-4-12(5-3-11)14(15)17-18/h2-5,10,13,16,18H,6-9H2,1H3,(H2,15,17). The van der Waals surface area contributed by atoms with Crippen molar-refractivity contribution in [1.29, 1.82) is 0 Å². The highest BCUT2D eigenvalue weighted by molar-refractivity contribution is 5.96. The van der Waals surface area contributed by atoms with Crippen LogP contribution < -0.4 is 11.1 Å². The molecule has 2 atom stereocenters. The van der Waals surface area contributed by atoms with Gasteiger partial charge in [0, 0.05) is 24.8 Å². The van der Waals surface area contributed by atoms with E-state index in [9.17, 15) is 0 Å². The van der Waals surface area contributed by atoms with Gasteiger partial charge in [0.1, 0.15) is 0 Å². The first-order chi connectivity index (χ1) is 9.19. The molecule has 1 aromatic carbocycles. The minimum atomic E-state index is 0.137. The average Bonchev–Trinajstić information content (AvgIpc) is 2.45. The number of benzene rings is 1. The average molecular weight is 263 g/mol. The van der Waals surface area contributed by atoms with Gasteiger partial charge in [0.15, 0.2) is 5.84 Å². The molecule has 5 nitrogen and oxygen atoms in total. The van der Waals surface area contributed by atoms with Gasteiger partial charge >= 0.3 is 0 Å². The van der Waals surface area contributed by atoms with Crippen LogP contribution in [-0.4, -0.2) is 29.8 Å². The van der Waals surface area contributed by atoms with Crippen LogP contribution in [0.3, 0.4) is 0 Å². The topological polar surface area (TPSA) is 79.9 Å². The Hall–Kier alpha value is -1.59. The van der Waals surface area contributed by atoms with E-state index in [4.69, 9.17) is 15.7 Å². The van der Waals surface area contributed by atoms with Gasteiger partial charge in [-0.1, -0.05) is 29.4 Å². The number of oxime groups is 1. The molecule has 1 aliphatic heterocycles. The number of nitrogens with zero attached hydrogens (tertiary/aromatic N) is 1. The fourth-order valence-corrected chi connectivity index (χ4v) is 2.30. The maximum Gasteiger partial charge on any atom is 0.170 e. The third-order valence-corrected chi connectivity index (χ3v) is 3.44. The number of hydrogen-bond donors (Lipinski definition) is 3. The van der Waals surface area contributed by atoms with Crippen LogP contribution in [0, 0.1) is 0 Å². The molecule has 0 aliphatic carbocycles. The van der Waals surface area contributed by atoms with Gasteiger partial charge in [-0.05, 0) is 25.3 Å². The second-order valence-corrected chi connectivity index (χ2v) is 4.97. The molecule has 19 heavy (non-hydrogen) atoms. The van der Waals surface area contributed by atoms with E-state index in [1.165, 1.54) is 5.56 Å². The molecule has 4 N–H and O–H groups in total. The second kappa shape index (κ2) is 6.54.